The summed E-state index contributed by atoms with van der Waals surface area (Å²) in [5.74, 6) is 0.137. The molecule has 0 aliphatic carbocycles. The predicted molar refractivity (Wildman–Crippen MR) is 72.1 cm³/mol. The number of benzene rings is 1. The number of hydrogen-bond acceptors (Lipinski definition) is 3. The molecule has 104 valence electrons. The zero-order chi connectivity index (χ0) is 14.0. The number of hydrogen-bond donors (Lipinski definition) is 1. The molecule has 0 fully saturated rings. The van der Waals surface area contributed by atoms with E-state index in [1.54, 1.807) is 18.2 Å². The molecule has 0 unspecified atom stereocenters. The van der Waals surface area contributed by atoms with Crippen LogP contribution in [0.2, 0.25) is 0 Å². The Balaban J connectivity index is 2.29. The minimum atomic E-state index is -3.40. The fourth-order valence-electron chi connectivity index (χ4n) is 2.25. The van der Waals surface area contributed by atoms with E-state index < -0.39 is 10.0 Å². The fraction of sp³-hybridized carbons (Fsp3) is 0.462. The van der Waals surface area contributed by atoms with E-state index in [4.69, 9.17) is 0 Å². The van der Waals surface area contributed by atoms with Crippen molar-refractivity contribution in [3.63, 3.8) is 0 Å². The fourth-order valence-corrected chi connectivity index (χ4v) is 3.03. The standard InChI is InChI=1S/C13H18N2O3S/c1-3-13(16)15-7-6-10-8-12(19(17,18)14-2)5-4-11(10)9-15/h4-5,8,14H,3,6-7,9H2,1-2H3. The van der Waals surface area contributed by atoms with Crippen LogP contribution < -0.4 is 4.72 Å². The van der Waals surface area contributed by atoms with Gasteiger partial charge in [0.1, 0.15) is 0 Å². The van der Waals surface area contributed by atoms with Gasteiger partial charge in [-0.2, -0.15) is 0 Å². The summed E-state index contributed by atoms with van der Waals surface area (Å²) in [6.45, 7) is 3.07. The summed E-state index contributed by atoms with van der Waals surface area (Å²) in [5.41, 5.74) is 2.04. The Morgan fingerprint density at radius 2 is 2.11 bits per heavy atom. The van der Waals surface area contributed by atoms with Crippen LogP contribution in [0, 0.1) is 0 Å². The first-order chi connectivity index (χ1) is 8.97. The zero-order valence-electron chi connectivity index (χ0n) is 11.1. The highest BCUT2D eigenvalue weighted by atomic mass is 32.2. The average molecular weight is 282 g/mol. The minimum Gasteiger partial charge on any atom is -0.338 e. The van der Waals surface area contributed by atoms with E-state index in [2.05, 4.69) is 4.72 Å². The number of nitrogens with zero attached hydrogens (tertiary/aromatic N) is 1. The van der Waals surface area contributed by atoms with Crippen molar-refractivity contribution in [2.24, 2.45) is 0 Å². The maximum atomic E-state index is 11.7. The summed E-state index contributed by atoms with van der Waals surface area (Å²) in [7, 11) is -2.00. The molecular formula is C13H18N2O3S. The van der Waals surface area contributed by atoms with Gasteiger partial charge in [0.15, 0.2) is 0 Å². The molecule has 2 rings (SSSR count). The monoisotopic (exact) mass is 282 g/mol. The van der Waals surface area contributed by atoms with E-state index in [-0.39, 0.29) is 10.8 Å². The van der Waals surface area contributed by atoms with Crippen LogP contribution in [-0.4, -0.2) is 32.8 Å². The molecule has 0 aromatic heterocycles. The number of nitrogens with one attached hydrogen (secondary N) is 1. The van der Waals surface area contributed by atoms with Gasteiger partial charge in [-0.25, -0.2) is 13.1 Å². The summed E-state index contributed by atoms with van der Waals surface area (Å²) >= 11 is 0. The Morgan fingerprint density at radius 3 is 2.74 bits per heavy atom. The molecule has 0 bridgehead atoms. The normalized spacial score (nSPS) is 15.2. The van der Waals surface area contributed by atoms with Gasteiger partial charge in [0, 0.05) is 19.5 Å². The van der Waals surface area contributed by atoms with Crippen LogP contribution in [0.4, 0.5) is 0 Å². The quantitative estimate of drug-likeness (QED) is 0.895. The Bertz CT molecular complexity index is 596. The van der Waals surface area contributed by atoms with Crippen molar-refractivity contribution in [2.75, 3.05) is 13.6 Å². The molecule has 0 saturated heterocycles. The number of carbonyl (C=O) groups is 1. The molecule has 1 aliphatic rings. The Hall–Kier alpha value is -1.40. The summed E-state index contributed by atoms with van der Waals surface area (Å²) in [6.07, 6.45) is 1.20. The molecule has 1 aromatic rings. The van der Waals surface area contributed by atoms with E-state index >= 15 is 0 Å². The van der Waals surface area contributed by atoms with Gasteiger partial charge in [0.25, 0.3) is 0 Å². The van der Waals surface area contributed by atoms with Gasteiger partial charge < -0.3 is 4.90 Å². The highest BCUT2D eigenvalue weighted by Crippen LogP contribution is 2.22. The molecule has 1 heterocycles. The molecule has 5 nitrogen and oxygen atoms in total. The topological polar surface area (TPSA) is 66.5 Å². The first-order valence-corrected chi connectivity index (χ1v) is 7.79. The number of amides is 1. The van der Waals surface area contributed by atoms with E-state index in [1.807, 2.05) is 11.8 Å². The van der Waals surface area contributed by atoms with E-state index in [0.29, 0.717) is 25.9 Å². The largest absolute Gasteiger partial charge is 0.338 e. The van der Waals surface area contributed by atoms with Crippen LogP contribution in [0.5, 0.6) is 0 Å². The van der Waals surface area contributed by atoms with Crippen LogP contribution in [-0.2, 0) is 27.8 Å². The van der Waals surface area contributed by atoms with Gasteiger partial charge in [-0.3, -0.25) is 4.79 Å². The second kappa shape index (κ2) is 5.30. The molecule has 6 heteroatoms. The SMILES string of the molecule is CCC(=O)N1CCc2cc(S(=O)(=O)NC)ccc2C1. The van der Waals surface area contributed by atoms with Crippen LogP contribution in [0.3, 0.4) is 0 Å². The second-order valence-electron chi connectivity index (χ2n) is 4.56. The van der Waals surface area contributed by atoms with Crippen LogP contribution >= 0.6 is 0 Å². The predicted octanol–water partition coefficient (Wildman–Crippen LogP) is 0.889. The van der Waals surface area contributed by atoms with Crippen molar-refractivity contribution in [1.29, 1.82) is 0 Å². The molecule has 1 N–H and O–H groups in total. The Morgan fingerprint density at radius 1 is 1.37 bits per heavy atom. The van der Waals surface area contributed by atoms with Crippen LogP contribution in [0.15, 0.2) is 23.1 Å². The van der Waals surface area contributed by atoms with Crippen molar-refractivity contribution in [1.82, 2.24) is 9.62 Å². The maximum Gasteiger partial charge on any atom is 0.240 e. The lowest BCUT2D eigenvalue weighted by Gasteiger charge is -2.29. The maximum absolute atomic E-state index is 11.7. The summed E-state index contributed by atoms with van der Waals surface area (Å²) < 4.78 is 25.8. The summed E-state index contributed by atoms with van der Waals surface area (Å²) in [6, 6.07) is 5.09. The molecule has 1 aliphatic heterocycles. The second-order valence-corrected chi connectivity index (χ2v) is 6.44. The summed E-state index contributed by atoms with van der Waals surface area (Å²) in [4.78, 5) is 13.8. The first-order valence-electron chi connectivity index (χ1n) is 6.31. The van der Waals surface area contributed by atoms with E-state index in [1.165, 1.54) is 7.05 Å². The van der Waals surface area contributed by atoms with Gasteiger partial charge in [-0.1, -0.05) is 13.0 Å². The zero-order valence-corrected chi connectivity index (χ0v) is 12.0. The minimum absolute atomic E-state index is 0.137. The van der Waals surface area contributed by atoms with Gasteiger partial charge in [-0.05, 0) is 36.7 Å². The Labute approximate surface area is 113 Å². The molecule has 0 radical (unpaired) electrons. The van der Waals surface area contributed by atoms with Crippen LogP contribution in [0.25, 0.3) is 0 Å². The third-order valence-electron chi connectivity index (χ3n) is 3.42. The molecule has 1 aromatic carbocycles. The van der Waals surface area contributed by atoms with Crippen molar-refractivity contribution in [3.05, 3.63) is 29.3 Å². The summed E-state index contributed by atoms with van der Waals surface area (Å²) in [5, 5.41) is 0. The third-order valence-corrected chi connectivity index (χ3v) is 4.84. The van der Waals surface area contributed by atoms with Gasteiger partial charge in [-0.15, -0.1) is 0 Å². The number of sulfonamides is 1. The average Bonchev–Trinajstić information content (AvgIpc) is 2.45. The van der Waals surface area contributed by atoms with Gasteiger partial charge in [0.2, 0.25) is 15.9 Å². The lowest BCUT2D eigenvalue weighted by molar-refractivity contribution is -0.131. The molecular weight excluding hydrogens is 264 g/mol. The first kappa shape index (κ1) is 14.0. The smallest absolute Gasteiger partial charge is 0.240 e. The molecule has 0 atom stereocenters. The molecule has 0 saturated carbocycles. The van der Waals surface area contributed by atoms with E-state index in [9.17, 15) is 13.2 Å². The molecule has 19 heavy (non-hydrogen) atoms. The lowest BCUT2D eigenvalue weighted by atomic mass is 10.00. The highest BCUT2D eigenvalue weighted by Gasteiger charge is 2.21. The number of rotatable bonds is 3. The van der Waals surface area contributed by atoms with Crippen molar-refractivity contribution in [3.8, 4) is 0 Å². The van der Waals surface area contributed by atoms with Gasteiger partial charge in [0.05, 0.1) is 4.90 Å². The van der Waals surface area contributed by atoms with E-state index in [0.717, 1.165) is 11.1 Å². The van der Waals surface area contributed by atoms with Crippen molar-refractivity contribution in [2.45, 2.75) is 31.2 Å². The van der Waals surface area contributed by atoms with Crippen molar-refractivity contribution < 1.29 is 13.2 Å². The van der Waals surface area contributed by atoms with Crippen LogP contribution in [0.1, 0.15) is 24.5 Å². The molecule has 0 spiro atoms. The number of fused-ring (bicyclic) bond motifs is 1. The lowest BCUT2D eigenvalue weighted by Crippen LogP contribution is -2.35. The van der Waals surface area contributed by atoms with Crippen molar-refractivity contribution >= 4 is 15.9 Å². The molecule has 1 amide bonds. The highest BCUT2D eigenvalue weighted by molar-refractivity contribution is 7.89. The third kappa shape index (κ3) is 2.79. The Kier molecular flexibility index (Phi) is 3.91. The number of carbonyl (C=O) groups excluding carboxylic acids is 1. The van der Waals surface area contributed by atoms with Gasteiger partial charge >= 0.3 is 0 Å².